The van der Waals surface area contributed by atoms with E-state index in [-0.39, 0.29) is 0 Å². The van der Waals surface area contributed by atoms with E-state index in [1.807, 2.05) is 0 Å². The van der Waals surface area contributed by atoms with Crippen LogP contribution in [0.5, 0.6) is 11.5 Å². The van der Waals surface area contributed by atoms with E-state index in [9.17, 15) is 9.59 Å². The van der Waals surface area contributed by atoms with Crippen LogP contribution in [0.1, 0.15) is 5.56 Å². The van der Waals surface area contributed by atoms with Gasteiger partial charge in [0.25, 0.3) is 5.78 Å². The smallest absolute Gasteiger partial charge is 0.376 e. The van der Waals surface area contributed by atoms with Crippen LogP contribution in [-0.2, 0) is 9.59 Å². The van der Waals surface area contributed by atoms with E-state index in [0.29, 0.717) is 34.7 Å². The number of ether oxygens (including phenoxy) is 2. The third kappa shape index (κ3) is 2.70. The van der Waals surface area contributed by atoms with Gasteiger partial charge in [-0.1, -0.05) is 6.08 Å². The Labute approximate surface area is 111 Å². The number of fused-ring (bicyclic) bond motifs is 1. The zero-order chi connectivity index (χ0) is 13.1. The van der Waals surface area contributed by atoms with E-state index in [0.717, 1.165) is 6.08 Å². The number of halogens is 1. The molecule has 18 heavy (non-hydrogen) atoms. The molecule has 0 radical (unpaired) electrons. The van der Waals surface area contributed by atoms with Crippen LogP contribution in [0.15, 0.2) is 22.7 Å². The molecule has 0 aliphatic carbocycles. The Kier molecular flexibility index (Phi) is 3.66. The molecule has 5 nitrogen and oxygen atoms in total. The molecule has 1 aliphatic rings. The molecule has 0 saturated heterocycles. The van der Waals surface area contributed by atoms with Gasteiger partial charge in [0.2, 0.25) is 0 Å². The topological polar surface area (TPSA) is 72.8 Å². The van der Waals surface area contributed by atoms with Crippen molar-refractivity contribution in [1.29, 1.82) is 0 Å². The summed E-state index contributed by atoms with van der Waals surface area (Å²) in [5, 5.41) is 8.45. The maximum atomic E-state index is 10.9. The number of carboxylic acid groups (broad SMARTS) is 1. The minimum absolute atomic E-state index is 0.459. The van der Waals surface area contributed by atoms with Crippen molar-refractivity contribution in [2.24, 2.45) is 0 Å². The molecule has 0 bridgehead atoms. The largest absolute Gasteiger partial charge is 0.486 e. The Morgan fingerprint density at radius 3 is 2.72 bits per heavy atom. The van der Waals surface area contributed by atoms with Gasteiger partial charge in [-0.2, -0.15) is 0 Å². The highest BCUT2D eigenvalue weighted by Gasteiger charge is 2.15. The lowest BCUT2D eigenvalue weighted by Crippen LogP contribution is -2.15. The summed E-state index contributed by atoms with van der Waals surface area (Å²) in [6.07, 6.45) is 2.42. The second-order valence-electron chi connectivity index (χ2n) is 3.53. The van der Waals surface area contributed by atoms with Crippen LogP contribution < -0.4 is 9.47 Å². The van der Waals surface area contributed by atoms with Gasteiger partial charge >= 0.3 is 5.97 Å². The predicted octanol–water partition coefficient (Wildman–Crippen LogP) is 1.89. The summed E-state index contributed by atoms with van der Waals surface area (Å²) in [7, 11) is 0. The Morgan fingerprint density at radius 2 is 2.00 bits per heavy atom. The average Bonchev–Trinajstić information content (AvgIpc) is 2.36. The van der Waals surface area contributed by atoms with Gasteiger partial charge in [0.05, 0.1) is 4.47 Å². The highest BCUT2D eigenvalue weighted by molar-refractivity contribution is 9.10. The third-order valence-electron chi connectivity index (χ3n) is 2.26. The van der Waals surface area contributed by atoms with Gasteiger partial charge in [-0.25, -0.2) is 4.79 Å². The summed E-state index contributed by atoms with van der Waals surface area (Å²) in [6, 6.07) is 3.41. The van der Waals surface area contributed by atoms with Crippen molar-refractivity contribution in [1.82, 2.24) is 0 Å². The summed E-state index contributed by atoms with van der Waals surface area (Å²) in [5.74, 6) is -1.27. The van der Waals surface area contributed by atoms with E-state index in [4.69, 9.17) is 14.6 Å². The fourth-order valence-electron chi connectivity index (χ4n) is 1.47. The van der Waals surface area contributed by atoms with E-state index in [1.165, 1.54) is 6.08 Å². The van der Waals surface area contributed by atoms with Crippen molar-refractivity contribution in [3.63, 3.8) is 0 Å². The first-order valence-electron chi connectivity index (χ1n) is 5.12. The molecule has 2 rings (SSSR count). The quantitative estimate of drug-likeness (QED) is 0.681. The monoisotopic (exact) mass is 312 g/mol. The fraction of sp³-hybridized carbons (Fsp3) is 0.167. The summed E-state index contributed by atoms with van der Waals surface area (Å²) < 4.78 is 11.5. The lowest BCUT2D eigenvalue weighted by atomic mass is 10.1. The Balaban J connectivity index is 2.27. The molecule has 1 aromatic carbocycles. The molecule has 1 aromatic rings. The average molecular weight is 313 g/mol. The van der Waals surface area contributed by atoms with Crippen molar-refractivity contribution in [3.8, 4) is 11.5 Å². The zero-order valence-electron chi connectivity index (χ0n) is 9.18. The lowest BCUT2D eigenvalue weighted by Gasteiger charge is -2.19. The molecule has 6 heteroatoms. The van der Waals surface area contributed by atoms with Crippen LogP contribution >= 0.6 is 15.9 Å². The first-order chi connectivity index (χ1) is 8.58. The molecule has 94 valence electrons. The molecule has 0 fully saturated rings. The normalized spacial score (nSPS) is 13.6. The second-order valence-corrected chi connectivity index (χ2v) is 4.38. The number of hydrogen-bond acceptors (Lipinski definition) is 4. The molecule has 0 amide bonds. The SMILES string of the molecule is O=C(O)C(=O)/C=C/c1cc(Br)c2c(c1)OCCO2. The molecular weight excluding hydrogens is 304 g/mol. The van der Waals surface area contributed by atoms with Crippen LogP contribution in [0, 0.1) is 0 Å². The lowest BCUT2D eigenvalue weighted by molar-refractivity contribution is -0.146. The Bertz CT molecular complexity index is 536. The standard InChI is InChI=1S/C12H9BrO5/c13-8-5-7(1-2-9(14)12(15)16)6-10-11(8)18-4-3-17-10/h1-2,5-6H,3-4H2,(H,15,16)/b2-1+. The van der Waals surface area contributed by atoms with Crippen molar-refractivity contribution in [2.75, 3.05) is 13.2 Å². The Morgan fingerprint density at radius 1 is 1.28 bits per heavy atom. The van der Waals surface area contributed by atoms with Gasteiger partial charge in [-0.05, 0) is 39.7 Å². The minimum atomic E-state index is -1.48. The van der Waals surface area contributed by atoms with Gasteiger partial charge < -0.3 is 14.6 Å². The molecule has 1 aliphatic heterocycles. The van der Waals surface area contributed by atoms with Gasteiger partial charge in [0.15, 0.2) is 11.5 Å². The predicted molar refractivity (Wildman–Crippen MR) is 66.8 cm³/mol. The molecule has 1 heterocycles. The maximum absolute atomic E-state index is 10.9. The molecule has 0 spiro atoms. The number of rotatable bonds is 3. The van der Waals surface area contributed by atoms with Crippen molar-refractivity contribution in [2.45, 2.75) is 0 Å². The van der Waals surface area contributed by atoms with Crippen molar-refractivity contribution < 1.29 is 24.2 Å². The number of carboxylic acids is 1. The molecular formula is C12H9BrO5. The van der Waals surface area contributed by atoms with Crippen LogP contribution in [-0.4, -0.2) is 30.1 Å². The van der Waals surface area contributed by atoms with Crippen LogP contribution in [0.3, 0.4) is 0 Å². The Hall–Kier alpha value is -1.82. The maximum Gasteiger partial charge on any atom is 0.376 e. The highest BCUT2D eigenvalue weighted by atomic mass is 79.9. The van der Waals surface area contributed by atoms with E-state index in [1.54, 1.807) is 12.1 Å². The highest BCUT2D eigenvalue weighted by Crippen LogP contribution is 2.38. The number of aliphatic carboxylic acids is 1. The van der Waals surface area contributed by atoms with Gasteiger partial charge in [0.1, 0.15) is 13.2 Å². The summed E-state index contributed by atoms with van der Waals surface area (Å²) >= 11 is 3.33. The second kappa shape index (κ2) is 5.22. The van der Waals surface area contributed by atoms with E-state index < -0.39 is 11.8 Å². The van der Waals surface area contributed by atoms with Crippen molar-refractivity contribution >= 4 is 33.8 Å². The first kappa shape index (κ1) is 12.6. The number of benzene rings is 1. The van der Waals surface area contributed by atoms with Crippen LogP contribution in [0.4, 0.5) is 0 Å². The molecule has 0 unspecified atom stereocenters. The van der Waals surface area contributed by atoms with Gasteiger partial charge in [-0.3, -0.25) is 4.79 Å². The number of carbonyl (C=O) groups is 2. The number of hydrogen-bond donors (Lipinski definition) is 1. The fourth-order valence-corrected chi connectivity index (χ4v) is 2.04. The summed E-state index contributed by atoms with van der Waals surface area (Å²) in [6.45, 7) is 0.943. The number of carbonyl (C=O) groups excluding carboxylic acids is 1. The molecule has 0 saturated carbocycles. The number of ketones is 1. The molecule has 1 N–H and O–H groups in total. The van der Waals surface area contributed by atoms with Crippen LogP contribution in [0.25, 0.3) is 6.08 Å². The first-order valence-corrected chi connectivity index (χ1v) is 5.91. The zero-order valence-corrected chi connectivity index (χ0v) is 10.8. The third-order valence-corrected chi connectivity index (χ3v) is 2.85. The summed E-state index contributed by atoms with van der Waals surface area (Å²) in [4.78, 5) is 21.3. The summed E-state index contributed by atoms with van der Waals surface area (Å²) in [5.41, 5.74) is 0.653. The molecule has 0 aromatic heterocycles. The van der Waals surface area contributed by atoms with Crippen molar-refractivity contribution in [3.05, 3.63) is 28.2 Å². The van der Waals surface area contributed by atoms with E-state index >= 15 is 0 Å². The van der Waals surface area contributed by atoms with E-state index in [2.05, 4.69) is 15.9 Å². The molecule has 0 atom stereocenters. The van der Waals surface area contributed by atoms with Gasteiger partial charge in [0, 0.05) is 0 Å². The van der Waals surface area contributed by atoms with Crippen LogP contribution in [0.2, 0.25) is 0 Å². The van der Waals surface area contributed by atoms with Gasteiger partial charge in [-0.15, -0.1) is 0 Å². The minimum Gasteiger partial charge on any atom is -0.486 e.